The highest BCUT2D eigenvalue weighted by atomic mass is 32.2. The first kappa shape index (κ1) is 21.0. The van der Waals surface area contributed by atoms with E-state index in [1.165, 1.54) is 0 Å². The second kappa shape index (κ2) is 8.15. The zero-order valence-electron chi connectivity index (χ0n) is 16.9. The molecule has 146 valence electrons. The minimum Gasteiger partial charge on any atom is -0.361 e. The minimum atomic E-state index is -0.473. The fraction of sp³-hybridized carbons (Fsp3) is 0.750. The summed E-state index contributed by atoms with van der Waals surface area (Å²) in [4.78, 5) is 26.3. The Hall–Kier alpha value is -1.30. The maximum absolute atomic E-state index is 12.8. The van der Waals surface area contributed by atoms with E-state index in [9.17, 15) is 9.59 Å². The van der Waals surface area contributed by atoms with Crippen LogP contribution in [0.5, 0.6) is 0 Å². The van der Waals surface area contributed by atoms with Gasteiger partial charge in [-0.15, -0.1) is 11.8 Å². The zero-order valence-corrected chi connectivity index (χ0v) is 17.7. The molecule has 1 aliphatic rings. The van der Waals surface area contributed by atoms with Gasteiger partial charge in [0.2, 0.25) is 5.91 Å². The van der Waals surface area contributed by atoms with Gasteiger partial charge in [0, 0.05) is 31.5 Å². The number of carbonyl (C=O) groups excluding carboxylic acids is 2. The van der Waals surface area contributed by atoms with Crippen molar-refractivity contribution in [2.75, 3.05) is 18.8 Å². The number of carbonyl (C=O) groups is 2. The number of hydrogen-bond acceptors (Lipinski definition) is 5. The van der Waals surface area contributed by atoms with E-state index in [-0.39, 0.29) is 17.1 Å². The van der Waals surface area contributed by atoms with E-state index in [1.54, 1.807) is 18.7 Å². The lowest BCUT2D eigenvalue weighted by Crippen LogP contribution is -2.40. The van der Waals surface area contributed by atoms with E-state index in [0.29, 0.717) is 18.0 Å². The summed E-state index contributed by atoms with van der Waals surface area (Å²) >= 11 is 1.69. The molecule has 1 saturated heterocycles. The largest absolute Gasteiger partial charge is 0.361 e. The summed E-state index contributed by atoms with van der Waals surface area (Å²) in [7, 11) is 0. The second-order valence-electron chi connectivity index (χ2n) is 8.83. The summed E-state index contributed by atoms with van der Waals surface area (Å²) < 4.78 is 4.91. The Morgan fingerprint density at radius 1 is 1.31 bits per heavy atom. The third-order valence-electron chi connectivity index (χ3n) is 4.96. The van der Waals surface area contributed by atoms with Crippen LogP contribution in [0.2, 0.25) is 0 Å². The summed E-state index contributed by atoms with van der Waals surface area (Å²) in [6.45, 7) is 13.5. The molecule has 1 aromatic heterocycles. The first-order valence-electron chi connectivity index (χ1n) is 9.38. The van der Waals surface area contributed by atoms with Crippen LogP contribution in [0.25, 0.3) is 0 Å². The molecule has 2 rings (SSSR count). The quantitative estimate of drug-likeness (QED) is 0.750. The number of rotatable bonds is 6. The van der Waals surface area contributed by atoms with Gasteiger partial charge in [0.15, 0.2) is 5.78 Å². The van der Waals surface area contributed by atoms with E-state index >= 15 is 0 Å². The average Bonchev–Trinajstić information content (AvgIpc) is 3.02. The molecule has 5 nitrogen and oxygen atoms in total. The monoisotopic (exact) mass is 380 g/mol. The highest BCUT2D eigenvalue weighted by Gasteiger charge is 2.31. The van der Waals surface area contributed by atoms with Gasteiger partial charge in [-0.25, -0.2) is 0 Å². The normalized spacial score (nSPS) is 18.8. The number of piperidine rings is 1. The molecule has 26 heavy (non-hydrogen) atoms. The average molecular weight is 381 g/mol. The Bertz CT molecular complexity index is 646. The number of amides is 1. The van der Waals surface area contributed by atoms with Gasteiger partial charge >= 0.3 is 0 Å². The van der Waals surface area contributed by atoms with Gasteiger partial charge in [0.1, 0.15) is 5.76 Å². The topological polar surface area (TPSA) is 63.4 Å². The van der Waals surface area contributed by atoms with Crippen molar-refractivity contribution < 1.29 is 14.1 Å². The van der Waals surface area contributed by atoms with Crippen molar-refractivity contribution in [2.45, 2.75) is 71.0 Å². The predicted molar refractivity (Wildman–Crippen MR) is 105 cm³/mol. The van der Waals surface area contributed by atoms with Crippen molar-refractivity contribution in [3.63, 3.8) is 0 Å². The highest BCUT2D eigenvalue weighted by molar-refractivity contribution is 8.01. The van der Waals surface area contributed by atoms with E-state index in [0.717, 1.165) is 37.4 Å². The van der Waals surface area contributed by atoms with Gasteiger partial charge in [-0.2, -0.15) is 0 Å². The van der Waals surface area contributed by atoms with Crippen LogP contribution in [-0.2, 0) is 21.4 Å². The maximum atomic E-state index is 12.8. The van der Waals surface area contributed by atoms with Crippen LogP contribution in [0.15, 0.2) is 10.6 Å². The van der Waals surface area contributed by atoms with Crippen molar-refractivity contribution in [2.24, 2.45) is 5.92 Å². The molecule has 0 bridgehead atoms. The summed E-state index contributed by atoms with van der Waals surface area (Å²) in [5.41, 5.74) is 0.594. The number of nitrogens with zero attached hydrogens (tertiary/aromatic N) is 2. The molecule has 0 aromatic carbocycles. The molecule has 0 saturated carbocycles. The Balaban J connectivity index is 1.89. The van der Waals surface area contributed by atoms with Crippen LogP contribution in [0, 0.1) is 5.92 Å². The smallest absolute Gasteiger partial charge is 0.219 e. The molecule has 0 spiro atoms. The lowest BCUT2D eigenvalue weighted by atomic mass is 9.92. The SMILES string of the molecule is CC(=O)N1CCCC(CSC(C)(C)C(=O)Cc2cc(C(C)(C)C)on2)C1. The van der Waals surface area contributed by atoms with Crippen LogP contribution in [0.1, 0.15) is 65.8 Å². The van der Waals surface area contributed by atoms with E-state index in [1.807, 2.05) is 24.8 Å². The molecule has 0 radical (unpaired) electrons. The summed E-state index contributed by atoms with van der Waals surface area (Å²) in [6, 6.07) is 1.89. The van der Waals surface area contributed by atoms with Gasteiger partial charge in [-0.3, -0.25) is 9.59 Å². The molecule has 1 fully saturated rings. The molecule has 0 N–H and O–H groups in total. The van der Waals surface area contributed by atoms with Crippen molar-refractivity contribution in [1.29, 1.82) is 0 Å². The maximum Gasteiger partial charge on any atom is 0.219 e. The Morgan fingerprint density at radius 2 is 2.00 bits per heavy atom. The van der Waals surface area contributed by atoms with Gasteiger partial charge in [0.25, 0.3) is 0 Å². The molecule has 6 heteroatoms. The summed E-state index contributed by atoms with van der Waals surface area (Å²) in [5.74, 6) is 2.47. The molecule has 1 unspecified atom stereocenters. The van der Waals surface area contributed by atoms with Crippen molar-refractivity contribution in [1.82, 2.24) is 10.1 Å². The lowest BCUT2D eigenvalue weighted by molar-refractivity contribution is -0.130. The standard InChI is InChI=1S/C20H32N2O3S/c1-14(23)22-9-7-8-15(12-22)13-26-20(5,6)17(24)10-16-11-18(25-21-16)19(2,3)4/h11,15H,7-10,12-13H2,1-6H3. The van der Waals surface area contributed by atoms with E-state index in [2.05, 4.69) is 25.9 Å². The molecule has 1 aromatic rings. The molecule has 1 aliphatic heterocycles. The molecule has 1 atom stereocenters. The lowest BCUT2D eigenvalue weighted by Gasteiger charge is -2.33. The first-order chi connectivity index (χ1) is 12.0. The third-order valence-corrected chi connectivity index (χ3v) is 6.54. The van der Waals surface area contributed by atoms with Gasteiger partial charge in [0.05, 0.1) is 16.9 Å². The predicted octanol–water partition coefficient (Wildman–Crippen LogP) is 3.85. The number of likely N-dealkylation sites (tertiary alicyclic amines) is 1. The molecule has 1 amide bonds. The number of thioether (sulfide) groups is 1. The number of aromatic nitrogens is 1. The van der Waals surface area contributed by atoms with E-state index < -0.39 is 4.75 Å². The van der Waals surface area contributed by atoms with E-state index in [4.69, 9.17) is 4.52 Å². The molecule has 2 heterocycles. The minimum absolute atomic E-state index is 0.109. The van der Waals surface area contributed by atoms with Crippen molar-refractivity contribution in [3.05, 3.63) is 17.5 Å². The Labute approximate surface area is 161 Å². The first-order valence-corrected chi connectivity index (χ1v) is 10.4. The van der Waals surface area contributed by atoms with Crippen LogP contribution < -0.4 is 0 Å². The number of ketones is 1. The number of hydrogen-bond donors (Lipinski definition) is 0. The Morgan fingerprint density at radius 3 is 2.58 bits per heavy atom. The van der Waals surface area contributed by atoms with Crippen molar-refractivity contribution in [3.8, 4) is 0 Å². The van der Waals surface area contributed by atoms with Gasteiger partial charge in [-0.05, 0) is 38.4 Å². The van der Waals surface area contributed by atoms with Crippen LogP contribution in [0.3, 0.4) is 0 Å². The fourth-order valence-corrected chi connectivity index (χ4v) is 4.18. The van der Waals surface area contributed by atoms with Gasteiger partial charge in [-0.1, -0.05) is 25.9 Å². The van der Waals surface area contributed by atoms with Crippen LogP contribution in [0.4, 0.5) is 0 Å². The van der Waals surface area contributed by atoms with Gasteiger partial charge < -0.3 is 9.42 Å². The van der Waals surface area contributed by atoms with Crippen LogP contribution >= 0.6 is 11.8 Å². The Kier molecular flexibility index (Phi) is 6.59. The molecular formula is C20H32N2O3S. The van der Waals surface area contributed by atoms with Crippen LogP contribution in [-0.4, -0.2) is 45.3 Å². The second-order valence-corrected chi connectivity index (χ2v) is 10.5. The highest BCUT2D eigenvalue weighted by Crippen LogP contribution is 2.32. The molecule has 0 aliphatic carbocycles. The fourth-order valence-electron chi connectivity index (χ4n) is 3.02. The summed E-state index contributed by atoms with van der Waals surface area (Å²) in [5, 5.41) is 4.07. The third kappa shape index (κ3) is 5.60. The zero-order chi connectivity index (χ0) is 19.5. The summed E-state index contributed by atoms with van der Waals surface area (Å²) in [6.07, 6.45) is 2.47. The molecular weight excluding hydrogens is 348 g/mol. The number of Topliss-reactive ketones (excluding diaryl/α,β-unsaturated/α-hetero) is 1. The van der Waals surface area contributed by atoms with Crippen molar-refractivity contribution >= 4 is 23.5 Å².